The number of alkyl halides is 3. The first-order valence-electron chi connectivity index (χ1n) is 10.6. The molecule has 0 radical (unpaired) electrons. The predicted molar refractivity (Wildman–Crippen MR) is 127 cm³/mol. The number of nitrogens with one attached hydrogen (secondary N) is 4. The van der Waals surface area contributed by atoms with Gasteiger partial charge >= 0.3 is 12.2 Å². The average molecular weight is 522 g/mol. The van der Waals surface area contributed by atoms with E-state index in [1.807, 2.05) is 0 Å². The molecule has 36 heavy (non-hydrogen) atoms. The van der Waals surface area contributed by atoms with Gasteiger partial charge in [-0.3, -0.25) is 30.7 Å². The Bertz CT molecular complexity index is 1280. The SMILES string of the molecule is CCNC(=O)Nc1cc(-c2nc(C(F)(F)F)cs2)c(-c2cncc(C(=O)NNC(=O)C(C)C)c2)cn1. The molecule has 3 aromatic rings. The Morgan fingerprint density at radius 2 is 1.81 bits per heavy atom. The van der Waals surface area contributed by atoms with Crippen molar-refractivity contribution in [1.82, 2.24) is 31.1 Å². The van der Waals surface area contributed by atoms with E-state index in [0.29, 0.717) is 17.7 Å². The highest BCUT2D eigenvalue weighted by Crippen LogP contribution is 2.38. The molecule has 0 bridgehead atoms. The van der Waals surface area contributed by atoms with Crippen molar-refractivity contribution in [3.05, 3.63) is 47.4 Å². The van der Waals surface area contributed by atoms with Crippen LogP contribution in [0.3, 0.4) is 0 Å². The van der Waals surface area contributed by atoms with Crippen LogP contribution in [0.25, 0.3) is 21.7 Å². The van der Waals surface area contributed by atoms with Crippen molar-refractivity contribution in [3.8, 4) is 21.7 Å². The van der Waals surface area contributed by atoms with Gasteiger partial charge in [-0.1, -0.05) is 13.8 Å². The molecule has 10 nitrogen and oxygen atoms in total. The fourth-order valence-corrected chi connectivity index (χ4v) is 3.68. The quantitative estimate of drug-likeness (QED) is 0.364. The fourth-order valence-electron chi connectivity index (χ4n) is 2.83. The van der Waals surface area contributed by atoms with Crippen LogP contribution >= 0.6 is 11.3 Å². The van der Waals surface area contributed by atoms with Gasteiger partial charge in [0.1, 0.15) is 10.8 Å². The second kappa shape index (κ2) is 11.1. The smallest absolute Gasteiger partial charge is 0.338 e. The van der Waals surface area contributed by atoms with E-state index in [9.17, 15) is 27.6 Å². The lowest BCUT2D eigenvalue weighted by molar-refractivity contribution is -0.140. The van der Waals surface area contributed by atoms with Crippen LogP contribution in [0.2, 0.25) is 0 Å². The first-order chi connectivity index (χ1) is 17.0. The minimum absolute atomic E-state index is 0.0257. The van der Waals surface area contributed by atoms with Gasteiger partial charge in [0.25, 0.3) is 5.91 Å². The number of thiazole rings is 1. The van der Waals surface area contributed by atoms with Crippen molar-refractivity contribution in [1.29, 1.82) is 0 Å². The lowest BCUT2D eigenvalue weighted by Crippen LogP contribution is -2.43. The molecule has 0 aliphatic heterocycles. The first kappa shape index (κ1) is 26.5. The number of hydrazine groups is 1. The van der Waals surface area contributed by atoms with E-state index in [4.69, 9.17) is 0 Å². The van der Waals surface area contributed by atoms with Crippen LogP contribution in [0.1, 0.15) is 36.8 Å². The highest BCUT2D eigenvalue weighted by molar-refractivity contribution is 7.13. The summed E-state index contributed by atoms with van der Waals surface area (Å²) in [5, 5.41) is 5.95. The molecule has 0 aliphatic carbocycles. The lowest BCUT2D eigenvalue weighted by atomic mass is 10.0. The van der Waals surface area contributed by atoms with E-state index in [0.717, 1.165) is 16.7 Å². The van der Waals surface area contributed by atoms with E-state index in [1.54, 1.807) is 20.8 Å². The van der Waals surface area contributed by atoms with Crippen molar-refractivity contribution in [2.45, 2.75) is 26.9 Å². The molecular weight excluding hydrogens is 499 g/mol. The Morgan fingerprint density at radius 3 is 2.44 bits per heavy atom. The standard InChI is InChI=1S/C22H22F3N7O3S/c1-4-27-21(35)30-17-6-14(20-29-16(10-36-20)22(23,24)25)15(9-28-17)12-5-13(8-26-7-12)19(34)32-31-18(33)11(2)3/h5-11H,4H2,1-3H3,(H,31,33)(H,32,34)(H2,27,28,30,35). The van der Waals surface area contributed by atoms with Crippen molar-refractivity contribution >= 4 is 35.0 Å². The summed E-state index contributed by atoms with van der Waals surface area (Å²) in [6.45, 7) is 5.40. The summed E-state index contributed by atoms with van der Waals surface area (Å²) >= 11 is 0.766. The van der Waals surface area contributed by atoms with Crippen LogP contribution < -0.4 is 21.5 Å². The van der Waals surface area contributed by atoms with E-state index in [2.05, 4.69) is 36.4 Å². The second-order valence-corrected chi connectivity index (χ2v) is 8.55. The van der Waals surface area contributed by atoms with Gasteiger partial charge < -0.3 is 5.32 Å². The van der Waals surface area contributed by atoms with E-state index < -0.39 is 29.7 Å². The van der Waals surface area contributed by atoms with E-state index >= 15 is 0 Å². The minimum atomic E-state index is -4.63. The van der Waals surface area contributed by atoms with Crippen LogP contribution in [0.15, 0.2) is 36.1 Å². The van der Waals surface area contributed by atoms with Crippen LogP contribution in [-0.4, -0.2) is 39.3 Å². The molecule has 0 atom stereocenters. The van der Waals surface area contributed by atoms with Gasteiger partial charge in [0.15, 0.2) is 5.69 Å². The Kier molecular flexibility index (Phi) is 8.19. The Hall–Kier alpha value is -4.07. The molecule has 0 fully saturated rings. The van der Waals surface area contributed by atoms with Gasteiger partial charge in [-0.05, 0) is 19.1 Å². The number of amides is 4. The number of urea groups is 1. The molecule has 3 heterocycles. The highest BCUT2D eigenvalue weighted by Gasteiger charge is 2.34. The molecule has 3 rings (SSSR count). The number of hydrogen-bond donors (Lipinski definition) is 4. The number of hydrogen-bond acceptors (Lipinski definition) is 7. The number of aromatic nitrogens is 3. The van der Waals surface area contributed by atoms with Crippen LogP contribution in [-0.2, 0) is 11.0 Å². The van der Waals surface area contributed by atoms with Crippen molar-refractivity contribution in [3.63, 3.8) is 0 Å². The van der Waals surface area contributed by atoms with Gasteiger partial charge in [0, 0.05) is 53.1 Å². The number of anilines is 1. The summed E-state index contributed by atoms with van der Waals surface area (Å²) in [6, 6.07) is 2.29. The summed E-state index contributed by atoms with van der Waals surface area (Å²) in [5.41, 5.74) is 4.52. The summed E-state index contributed by atoms with van der Waals surface area (Å²) < 4.78 is 39.5. The summed E-state index contributed by atoms with van der Waals surface area (Å²) in [7, 11) is 0. The molecule has 0 aliphatic rings. The van der Waals surface area contributed by atoms with Gasteiger partial charge in [0.05, 0.1) is 5.56 Å². The van der Waals surface area contributed by atoms with Gasteiger partial charge in [0.2, 0.25) is 5.91 Å². The number of nitrogens with zero attached hydrogens (tertiary/aromatic N) is 3. The maximum Gasteiger partial charge on any atom is 0.434 e. The molecular formula is C22H22F3N7O3S. The molecule has 0 spiro atoms. The van der Waals surface area contributed by atoms with Crippen LogP contribution in [0, 0.1) is 5.92 Å². The number of carbonyl (C=O) groups excluding carboxylic acids is 3. The first-order valence-corrected chi connectivity index (χ1v) is 11.5. The molecule has 0 saturated heterocycles. The monoisotopic (exact) mass is 521 g/mol. The van der Waals surface area contributed by atoms with Gasteiger partial charge in [-0.25, -0.2) is 14.8 Å². The summed E-state index contributed by atoms with van der Waals surface area (Å²) in [5.74, 6) is -1.30. The molecule has 0 aromatic carbocycles. The molecule has 190 valence electrons. The number of halogens is 3. The molecule has 4 amide bonds. The predicted octanol–water partition coefficient (Wildman–Crippen LogP) is 3.84. The van der Waals surface area contributed by atoms with Crippen molar-refractivity contribution in [2.75, 3.05) is 11.9 Å². The molecule has 3 aromatic heterocycles. The molecule has 14 heteroatoms. The maximum absolute atomic E-state index is 13.2. The minimum Gasteiger partial charge on any atom is -0.338 e. The number of pyridine rings is 2. The Labute approximate surface area is 207 Å². The van der Waals surface area contributed by atoms with Crippen LogP contribution in [0.4, 0.5) is 23.8 Å². The van der Waals surface area contributed by atoms with Crippen molar-refractivity contribution in [2.24, 2.45) is 5.92 Å². The number of carbonyl (C=O) groups is 3. The zero-order chi connectivity index (χ0) is 26.5. The highest BCUT2D eigenvalue weighted by atomic mass is 32.1. The summed E-state index contributed by atoms with van der Waals surface area (Å²) in [4.78, 5) is 48.0. The third kappa shape index (κ3) is 6.53. The zero-order valence-corrected chi connectivity index (χ0v) is 20.2. The van der Waals surface area contributed by atoms with E-state index in [1.165, 1.54) is 30.7 Å². The number of rotatable bonds is 6. The Morgan fingerprint density at radius 1 is 1.06 bits per heavy atom. The van der Waals surface area contributed by atoms with Gasteiger partial charge in [-0.2, -0.15) is 13.2 Å². The molecule has 4 N–H and O–H groups in total. The fraction of sp³-hybridized carbons (Fsp3) is 0.273. The van der Waals surface area contributed by atoms with Crippen molar-refractivity contribution < 1.29 is 27.6 Å². The normalized spacial score (nSPS) is 11.2. The third-order valence-electron chi connectivity index (χ3n) is 4.64. The lowest BCUT2D eigenvalue weighted by Gasteiger charge is -2.12. The zero-order valence-electron chi connectivity index (χ0n) is 19.4. The third-order valence-corrected chi connectivity index (χ3v) is 5.52. The van der Waals surface area contributed by atoms with Gasteiger partial charge in [-0.15, -0.1) is 11.3 Å². The summed E-state index contributed by atoms with van der Waals surface area (Å²) in [6.07, 6.45) is -0.627. The topological polar surface area (TPSA) is 138 Å². The van der Waals surface area contributed by atoms with E-state index in [-0.39, 0.29) is 27.9 Å². The molecule has 0 unspecified atom stereocenters. The molecule has 0 saturated carbocycles. The van der Waals surface area contributed by atoms with Crippen LogP contribution in [0.5, 0.6) is 0 Å². The Balaban J connectivity index is 2.00. The largest absolute Gasteiger partial charge is 0.434 e. The maximum atomic E-state index is 13.2. The average Bonchev–Trinajstić information content (AvgIpc) is 3.33. The second-order valence-electron chi connectivity index (χ2n) is 7.70.